The summed E-state index contributed by atoms with van der Waals surface area (Å²) in [5.41, 5.74) is 3.30. The number of benzene rings is 2. The van der Waals surface area contributed by atoms with Crippen molar-refractivity contribution < 1.29 is 24.3 Å². The van der Waals surface area contributed by atoms with Crippen molar-refractivity contribution in [2.24, 2.45) is 0 Å². The van der Waals surface area contributed by atoms with Gasteiger partial charge in [-0.05, 0) is 53.8 Å². The average Bonchev–Trinajstić information content (AvgIpc) is 3.20. The lowest BCUT2D eigenvalue weighted by Crippen LogP contribution is -2.26. The van der Waals surface area contributed by atoms with Crippen molar-refractivity contribution in [3.8, 4) is 39.8 Å². The SMILES string of the molecule is CCNC(=O)Oc1noc(-c2cc(C(C)C)c(O)cc2O)c1-c1ccc(CN(CC)CC)cc1. The molecule has 0 radical (unpaired) electrons. The Morgan fingerprint density at radius 3 is 2.35 bits per heavy atom. The first-order chi connectivity index (χ1) is 16.3. The molecule has 0 spiro atoms. The molecule has 8 heteroatoms. The topological polar surface area (TPSA) is 108 Å². The minimum absolute atomic E-state index is 0.00290. The van der Waals surface area contributed by atoms with Crippen LogP contribution in [0.4, 0.5) is 4.79 Å². The van der Waals surface area contributed by atoms with Gasteiger partial charge >= 0.3 is 6.09 Å². The molecule has 0 aliphatic carbocycles. The molecule has 0 atom stereocenters. The van der Waals surface area contributed by atoms with E-state index in [9.17, 15) is 15.0 Å². The van der Waals surface area contributed by atoms with Crippen LogP contribution in [0.3, 0.4) is 0 Å². The van der Waals surface area contributed by atoms with E-state index in [0.29, 0.717) is 23.2 Å². The monoisotopic (exact) mass is 467 g/mol. The van der Waals surface area contributed by atoms with E-state index in [2.05, 4.69) is 29.2 Å². The van der Waals surface area contributed by atoms with Crippen molar-refractivity contribution in [1.82, 2.24) is 15.4 Å². The lowest BCUT2D eigenvalue weighted by atomic mass is 9.95. The molecule has 0 bridgehead atoms. The summed E-state index contributed by atoms with van der Waals surface area (Å²) in [6.07, 6.45) is -0.653. The van der Waals surface area contributed by atoms with Crippen LogP contribution in [0.5, 0.6) is 17.4 Å². The Morgan fingerprint density at radius 2 is 1.76 bits per heavy atom. The molecule has 0 fully saturated rings. The molecule has 0 unspecified atom stereocenters. The van der Waals surface area contributed by atoms with E-state index in [1.807, 2.05) is 38.1 Å². The molecule has 0 saturated carbocycles. The molecule has 182 valence electrons. The lowest BCUT2D eigenvalue weighted by Gasteiger charge is -2.18. The maximum absolute atomic E-state index is 12.1. The first-order valence-corrected chi connectivity index (χ1v) is 11.6. The summed E-state index contributed by atoms with van der Waals surface area (Å²) in [5, 5.41) is 27.4. The smallest absolute Gasteiger partial charge is 0.414 e. The molecular weight excluding hydrogens is 434 g/mol. The van der Waals surface area contributed by atoms with Gasteiger partial charge in [0, 0.05) is 19.2 Å². The Morgan fingerprint density at radius 1 is 1.09 bits per heavy atom. The van der Waals surface area contributed by atoms with Crippen LogP contribution in [0, 0.1) is 0 Å². The van der Waals surface area contributed by atoms with Gasteiger partial charge in [0.05, 0.1) is 11.1 Å². The Balaban J connectivity index is 2.10. The van der Waals surface area contributed by atoms with E-state index >= 15 is 0 Å². The third-order valence-corrected chi connectivity index (χ3v) is 5.73. The normalized spacial score (nSPS) is 11.3. The molecule has 1 aromatic heterocycles. The zero-order valence-electron chi connectivity index (χ0n) is 20.4. The lowest BCUT2D eigenvalue weighted by molar-refractivity contribution is 0.196. The number of amides is 1. The molecular formula is C26H33N3O5. The highest BCUT2D eigenvalue weighted by molar-refractivity contribution is 5.87. The van der Waals surface area contributed by atoms with Gasteiger partial charge in [-0.25, -0.2) is 4.79 Å². The van der Waals surface area contributed by atoms with E-state index in [1.54, 1.807) is 13.0 Å². The number of rotatable bonds is 9. The van der Waals surface area contributed by atoms with Gasteiger partial charge < -0.3 is 24.8 Å². The number of aromatic hydroxyl groups is 2. The molecule has 2 aromatic carbocycles. The van der Waals surface area contributed by atoms with Gasteiger partial charge in [-0.15, -0.1) is 0 Å². The molecule has 1 amide bonds. The molecule has 8 nitrogen and oxygen atoms in total. The second-order valence-electron chi connectivity index (χ2n) is 8.35. The van der Waals surface area contributed by atoms with Crippen LogP contribution in [0.2, 0.25) is 0 Å². The minimum atomic E-state index is -0.653. The maximum atomic E-state index is 12.1. The third kappa shape index (κ3) is 5.51. The predicted molar refractivity (Wildman–Crippen MR) is 131 cm³/mol. The van der Waals surface area contributed by atoms with Crippen LogP contribution in [-0.2, 0) is 6.54 Å². The van der Waals surface area contributed by atoms with Crippen molar-refractivity contribution in [1.29, 1.82) is 0 Å². The van der Waals surface area contributed by atoms with Crippen molar-refractivity contribution in [3.05, 3.63) is 47.5 Å². The van der Waals surface area contributed by atoms with Gasteiger partial charge in [0.25, 0.3) is 5.88 Å². The number of carbonyl (C=O) groups is 1. The summed E-state index contributed by atoms with van der Waals surface area (Å²) in [4.78, 5) is 14.4. The number of carbonyl (C=O) groups excluding carboxylic acids is 1. The number of aromatic nitrogens is 1. The number of phenolic OH excluding ortho intramolecular Hbond substituents is 2. The Labute approximate surface area is 200 Å². The number of hydrogen-bond donors (Lipinski definition) is 3. The van der Waals surface area contributed by atoms with Crippen LogP contribution >= 0.6 is 0 Å². The third-order valence-electron chi connectivity index (χ3n) is 5.73. The molecule has 3 aromatic rings. The minimum Gasteiger partial charge on any atom is -0.508 e. The van der Waals surface area contributed by atoms with E-state index < -0.39 is 6.09 Å². The zero-order chi connectivity index (χ0) is 24.8. The van der Waals surface area contributed by atoms with Crippen molar-refractivity contribution in [2.45, 2.75) is 47.1 Å². The fraction of sp³-hybridized carbons (Fsp3) is 0.385. The number of nitrogens with one attached hydrogen (secondary N) is 1. The van der Waals surface area contributed by atoms with Crippen molar-refractivity contribution >= 4 is 6.09 Å². The van der Waals surface area contributed by atoms with Crippen molar-refractivity contribution in [3.63, 3.8) is 0 Å². The molecule has 0 aliphatic heterocycles. The van der Waals surface area contributed by atoms with E-state index in [4.69, 9.17) is 9.26 Å². The van der Waals surface area contributed by atoms with Gasteiger partial charge in [0.15, 0.2) is 5.76 Å². The molecule has 3 rings (SSSR count). The summed E-state index contributed by atoms with van der Waals surface area (Å²) in [7, 11) is 0. The zero-order valence-corrected chi connectivity index (χ0v) is 20.4. The summed E-state index contributed by atoms with van der Waals surface area (Å²) >= 11 is 0. The average molecular weight is 468 g/mol. The number of hydrogen-bond acceptors (Lipinski definition) is 7. The molecule has 34 heavy (non-hydrogen) atoms. The highest BCUT2D eigenvalue weighted by Crippen LogP contribution is 2.45. The molecule has 0 aliphatic rings. The van der Waals surface area contributed by atoms with Crippen molar-refractivity contribution in [2.75, 3.05) is 19.6 Å². The quantitative estimate of drug-likeness (QED) is 0.382. The molecule has 0 saturated heterocycles. The fourth-order valence-electron chi connectivity index (χ4n) is 3.77. The maximum Gasteiger partial charge on any atom is 0.414 e. The number of phenols is 2. The van der Waals surface area contributed by atoms with Crippen LogP contribution in [0.1, 0.15) is 51.7 Å². The van der Waals surface area contributed by atoms with E-state index in [-0.39, 0.29) is 29.1 Å². The first-order valence-electron chi connectivity index (χ1n) is 11.6. The highest BCUT2D eigenvalue weighted by Gasteiger charge is 2.26. The summed E-state index contributed by atoms with van der Waals surface area (Å²) in [6.45, 7) is 13.0. The van der Waals surface area contributed by atoms with E-state index in [1.165, 1.54) is 6.07 Å². The van der Waals surface area contributed by atoms with Gasteiger partial charge in [-0.3, -0.25) is 4.90 Å². The first kappa shape index (κ1) is 25.1. The summed E-state index contributed by atoms with van der Waals surface area (Å²) in [5.74, 6) is 0.0845. The summed E-state index contributed by atoms with van der Waals surface area (Å²) < 4.78 is 11.0. The standard InChI is InChI=1S/C26H33N3O5/c1-6-27-26(32)33-25-23(18-11-9-17(10-12-18)15-29(7-2)8-3)24(34-28-25)20-13-19(16(4)5)21(30)14-22(20)31/h9-14,16,30-31H,6-8,15H2,1-5H3,(H,27,32). The van der Waals surface area contributed by atoms with Crippen LogP contribution in [0.15, 0.2) is 40.9 Å². The van der Waals surface area contributed by atoms with Gasteiger partial charge in [-0.1, -0.05) is 52.0 Å². The van der Waals surface area contributed by atoms with Crippen LogP contribution in [-0.4, -0.2) is 46.0 Å². The second-order valence-corrected chi connectivity index (χ2v) is 8.35. The molecule has 1 heterocycles. The Bertz CT molecular complexity index is 1120. The highest BCUT2D eigenvalue weighted by atomic mass is 16.6. The number of nitrogens with zero attached hydrogens (tertiary/aromatic N) is 2. The number of ether oxygens (including phenoxy) is 1. The second kappa shape index (κ2) is 11.1. The van der Waals surface area contributed by atoms with Crippen LogP contribution < -0.4 is 10.1 Å². The largest absolute Gasteiger partial charge is 0.508 e. The predicted octanol–water partition coefficient (Wildman–Crippen LogP) is 5.49. The molecule has 3 N–H and O–H groups in total. The summed E-state index contributed by atoms with van der Waals surface area (Å²) in [6, 6.07) is 10.8. The Hall–Kier alpha value is -3.52. The van der Waals surface area contributed by atoms with Gasteiger partial charge in [-0.2, -0.15) is 0 Å². The van der Waals surface area contributed by atoms with Gasteiger partial charge in [0.1, 0.15) is 11.5 Å². The van der Waals surface area contributed by atoms with Crippen LogP contribution in [0.25, 0.3) is 22.5 Å². The van der Waals surface area contributed by atoms with E-state index in [0.717, 1.165) is 30.8 Å². The fourth-order valence-corrected chi connectivity index (χ4v) is 3.77. The van der Waals surface area contributed by atoms with Gasteiger partial charge in [0.2, 0.25) is 0 Å². The Kier molecular flexibility index (Phi) is 8.17.